The third-order valence-electron chi connectivity index (χ3n) is 3.21. The molecule has 1 aromatic heterocycles. The van der Waals surface area contributed by atoms with Gasteiger partial charge in [-0.25, -0.2) is 9.67 Å². The van der Waals surface area contributed by atoms with Crippen LogP contribution in [0.4, 0.5) is 0 Å². The summed E-state index contributed by atoms with van der Waals surface area (Å²) in [5.41, 5.74) is 0. The van der Waals surface area contributed by atoms with Crippen LogP contribution in [0.2, 0.25) is 0 Å². The van der Waals surface area contributed by atoms with Crippen molar-refractivity contribution in [3.05, 3.63) is 12.2 Å². The summed E-state index contributed by atoms with van der Waals surface area (Å²) in [5, 5.41) is 14.3. The highest BCUT2D eigenvalue weighted by atomic mass is 16.5. The van der Waals surface area contributed by atoms with E-state index in [4.69, 9.17) is 4.74 Å². The number of hydrogen-bond acceptors (Lipinski definition) is 4. The van der Waals surface area contributed by atoms with E-state index in [0.717, 1.165) is 31.8 Å². The summed E-state index contributed by atoms with van der Waals surface area (Å²) in [6.07, 6.45) is 4.85. The van der Waals surface area contributed by atoms with Crippen LogP contribution in [-0.4, -0.2) is 38.7 Å². The lowest BCUT2D eigenvalue weighted by Crippen LogP contribution is -2.22. The molecule has 1 aliphatic heterocycles. The van der Waals surface area contributed by atoms with Gasteiger partial charge in [-0.3, -0.25) is 0 Å². The first-order chi connectivity index (χ1) is 8.65. The Balaban J connectivity index is 1.85. The largest absolute Gasteiger partial charge is 0.393 e. The molecule has 1 fully saturated rings. The fraction of sp³-hybridized carbons (Fsp3) is 0.846. The van der Waals surface area contributed by atoms with E-state index < -0.39 is 0 Å². The lowest BCUT2D eigenvalue weighted by molar-refractivity contribution is 0.0529. The summed E-state index contributed by atoms with van der Waals surface area (Å²) in [4.78, 5) is 4.23. The molecular formula is C13H23N3O2. The topological polar surface area (TPSA) is 60.2 Å². The van der Waals surface area contributed by atoms with Crippen LogP contribution in [0.3, 0.4) is 0 Å². The average Bonchev–Trinajstić information content (AvgIpc) is 2.91. The molecule has 0 aromatic carbocycles. The van der Waals surface area contributed by atoms with E-state index >= 15 is 0 Å². The van der Waals surface area contributed by atoms with Crippen LogP contribution < -0.4 is 0 Å². The molecule has 2 unspecified atom stereocenters. The molecule has 102 valence electrons. The monoisotopic (exact) mass is 253 g/mol. The first kappa shape index (κ1) is 13.5. The third-order valence-corrected chi connectivity index (χ3v) is 3.21. The number of nitrogens with zero attached hydrogens (tertiary/aromatic N) is 3. The molecule has 0 bridgehead atoms. The van der Waals surface area contributed by atoms with Gasteiger partial charge in [0, 0.05) is 19.6 Å². The Morgan fingerprint density at radius 3 is 3.06 bits per heavy atom. The van der Waals surface area contributed by atoms with E-state index in [-0.39, 0.29) is 12.2 Å². The smallest absolute Gasteiger partial charge is 0.138 e. The summed E-state index contributed by atoms with van der Waals surface area (Å²) in [5.74, 6) is 1.40. The van der Waals surface area contributed by atoms with Crippen molar-refractivity contribution in [3.63, 3.8) is 0 Å². The van der Waals surface area contributed by atoms with E-state index in [1.165, 1.54) is 0 Å². The molecule has 0 spiro atoms. The first-order valence-electron chi connectivity index (χ1n) is 6.81. The summed E-state index contributed by atoms with van der Waals surface area (Å²) >= 11 is 0. The standard InChI is InChI=1S/C13H23N3O2/c1-10(2)8-16-13(14-9-15-16)7-11(17)6-12-4-3-5-18-12/h9-12,17H,3-8H2,1-2H3. The Labute approximate surface area is 108 Å². The van der Waals surface area contributed by atoms with E-state index in [1.807, 2.05) is 4.68 Å². The third kappa shape index (κ3) is 3.78. The maximum absolute atomic E-state index is 10.1. The summed E-state index contributed by atoms with van der Waals surface area (Å²) in [7, 11) is 0. The molecule has 0 aliphatic carbocycles. The van der Waals surface area contributed by atoms with Crippen LogP contribution in [0.25, 0.3) is 0 Å². The van der Waals surface area contributed by atoms with Crippen LogP contribution in [0, 0.1) is 5.92 Å². The molecule has 0 saturated carbocycles. The van der Waals surface area contributed by atoms with Crippen molar-refractivity contribution in [1.29, 1.82) is 0 Å². The molecule has 1 aromatic rings. The van der Waals surface area contributed by atoms with E-state index in [1.54, 1.807) is 6.33 Å². The quantitative estimate of drug-likeness (QED) is 0.832. The number of hydrogen-bond donors (Lipinski definition) is 1. The van der Waals surface area contributed by atoms with Crippen LogP contribution >= 0.6 is 0 Å². The van der Waals surface area contributed by atoms with Gasteiger partial charge in [0.1, 0.15) is 12.2 Å². The van der Waals surface area contributed by atoms with Gasteiger partial charge in [-0.2, -0.15) is 5.10 Å². The van der Waals surface area contributed by atoms with Crippen LogP contribution in [0.15, 0.2) is 6.33 Å². The lowest BCUT2D eigenvalue weighted by Gasteiger charge is -2.15. The van der Waals surface area contributed by atoms with Crippen LogP contribution in [0.5, 0.6) is 0 Å². The molecule has 2 heterocycles. The second kappa shape index (κ2) is 6.29. The van der Waals surface area contributed by atoms with E-state index in [2.05, 4.69) is 23.9 Å². The Morgan fingerprint density at radius 1 is 1.56 bits per heavy atom. The van der Waals surface area contributed by atoms with Crippen LogP contribution in [-0.2, 0) is 17.7 Å². The van der Waals surface area contributed by atoms with Gasteiger partial charge in [0.15, 0.2) is 0 Å². The molecule has 0 radical (unpaired) electrons. The molecule has 2 atom stereocenters. The molecule has 1 saturated heterocycles. The highest BCUT2D eigenvalue weighted by molar-refractivity contribution is 4.88. The highest BCUT2D eigenvalue weighted by Gasteiger charge is 2.21. The van der Waals surface area contributed by atoms with Crippen molar-refractivity contribution in [2.75, 3.05) is 6.61 Å². The second-order valence-electron chi connectivity index (χ2n) is 5.48. The van der Waals surface area contributed by atoms with E-state index in [0.29, 0.717) is 18.8 Å². The minimum Gasteiger partial charge on any atom is -0.393 e. The van der Waals surface area contributed by atoms with Crippen molar-refractivity contribution in [2.45, 2.75) is 58.3 Å². The van der Waals surface area contributed by atoms with Gasteiger partial charge < -0.3 is 9.84 Å². The second-order valence-corrected chi connectivity index (χ2v) is 5.48. The Bertz CT molecular complexity index is 359. The van der Waals surface area contributed by atoms with Crippen molar-refractivity contribution < 1.29 is 9.84 Å². The molecule has 1 aliphatic rings. The minimum absolute atomic E-state index is 0.224. The molecular weight excluding hydrogens is 230 g/mol. The number of aliphatic hydroxyl groups is 1. The zero-order chi connectivity index (χ0) is 13.0. The summed E-state index contributed by atoms with van der Waals surface area (Å²) in [6.45, 7) is 5.98. The zero-order valence-corrected chi connectivity index (χ0v) is 11.2. The van der Waals surface area contributed by atoms with Gasteiger partial charge in [-0.05, 0) is 25.2 Å². The fourth-order valence-electron chi connectivity index (χ4n) is 2.37. The van der Waals surface area contributed by atoms with Crippen LogP contribution in [0.1, 0.15) is 38.9 Å². The maximum atomic E-state index is 10.1. The van der Waals surface area contributed by atoms with Gasteiger partial charge in [0.2, 0.25) is 0 Å². The van der Waals surface area contributed by atoms with Crippen molar-refractivity contribution in [1.82, 2.24) is 14.8 Å². The van der Waals surface area contributed by atoms with Gasteiger partial charge in [-0.1, -0.05) is 13.8 Å². The number of aliphatic hydroxyl groups excluding tert-OH is 1. The highest BCUT2D eigenvalue weighted by Crippen LogP contribution is 2.18. The minimum atomic E-state index is -0.386. The molecule has 0 amide bonds. The van der Waals surface area contributed by atoms with Gasteiger partial charge in [0.05, 0.1) is 12.2 Å². The van der Waals surface area contributed by atoms with E-state index in [9.17, 15) is 5.11 Å². The zero-order valence-electron chi connectivity index (χ0n) is 11.2. The first-order valence-corrected chi connectivity index (χ1v) is 6.81. The summed E-state index contributed by atoms with van der Waals surface area (Å²) < 4.78 is 7.43. The normalized spacial score (nSPS) is 21.7. The maximum Gasteiger partial charge on any atom is 0.138 e. The van der Waals surface area contributed by atoms with Gasteiger partial charge in [0.25, 0.3) is 0 Å². The number of ether oxygens (including phenoxy) is 1. The molecule has 18 heavy (non-hydrogen) atoms. The van der Waals surface area contributed by atoms with Gasteiger partial charge >= 0.3 is 0 Å². The fourth-order valence-corrected chi connectivity index (χ4v) is 2.37. The van der Waals surface area contributed by atoms with Crippen molar-refractivity contribution in [2.24, 2.45) is 5.92 Å². The Hall–Kier alpha value is -0.940. The molecule has 5 nitrogen and oxygen atoms in total. The van der Waals surface area contributed by atoms with Gasteiger partial charge in [-0.15, -0.1) is 0 Å². The number of rotatable bonds is 6. The van der Waals surface area contributed by atoms with Crippen molar-refractivity contribution in [3.8, 4) is 0 Å². The summed E-state index contributed by atoms with van der Waals surface area (Å²) in [6, 6.07) is 0. The Morgan fingerprint density at radius 2 is 2.39 bits per heavy atom. The Kier molecular flexibility index (Phi) is 4.72. The average molecular weight is 253 g/mol. The number of aromatic nitrogens is 3. The molecule has 5 heteroatoms. The molecule has 1 N–H and O–H groups in total. The lowest BCUT2D eigenvalue weighted by atomic mass is 10.1. The predicted molar refractivity (Wildman–Crippen MR) is 68.2 cm³/mol. The predicted octanol–water partition coefficient (Wildman–Crippen LogP) is 1.41. The SMILES string of the molecule is CC(C)Cn1ncnc1CC(O)CC1CCCO1. The molecule has 2 rings (SSSR count). The van der Waals surface area contributed by atoms with Crippen molar-refractivity contribution >= 4 is 0 Å².